The number of pyridine rings is 3. The number of fused-ring (bicyclic) bond motifs is 14. The number of hydrogen-bond acceptors (Lipinski definition) is 12. The van der Waals surface area contributed by atoms with Crippen molar-refractivity contribution in [2.24, 2.45) is 0 Å². The monoisotopic (exact) mass is 1910 g/mol. The Morgan fingerprint density at radius 1 is 0.107 bits per heavy atom. The average molecular weight is 1910 g/mol. The van der Waals surface area contributed by atoms with E-state index in [-0.39, 0.29) is 0 Å². The predicted molar refractivity (Wildman–Crippen MR) is 617 cm³/mol. The first-order valence-electron chi connectivity index (χ1n) is 50.3. The van der Waals surface area contributed by atoms with Crippen molar-refractivity contribution in [3.63, 3.8) is 0 Å². The highest BCUT2D eigenvalue weighted by Gasteiger charge is 2.24. The highest BCUT2D eigenvalue weighted by Crippen LogP contribution is 2.43. The number of nitrogens with zero attached hydrogens (tertiary/aromatic N) is 12. The maximum atomic E-state index is 5.25. The van der Waals surface area contributed by atoms with Crippen LogP contribution in [0, 0.1) is 0 Å². The Hall–Kier alpha value is -20.3. The molecule has 28 aromatic rings. The van der Waals surface area contributed by atoms with E-state index in [1.54, 1.807) is 0 Å². The number of benzene rings is 22. The smallest absolute Gasteiger partial charge is 0.183 e. The molecule has 0 spiro atoms. The lowest BCUT2D eigenvalue weighted by molar-refractivity contribution is 1.06. The topological polar surface area (TPSA) is 155 Å². The van der Waals surface area contributed by atoms with Gasteiger partial charge in [0.1, 0.15) is 11.4 Å². The van der Waals surface area contributed by atoms with Crippen molar-refractivity contribution in [1.29, 1.82) is 0 Å². The van der Waals surface area contributed by atoms with Crippen LogP contribution in [-0.2, 0) is 0 Å². The summed E-state index contributed by atoms with van der Waals surface area (Å²) in [6.07, 6.45) is 0. The van der Waals surface area contributed by atoms with Crippen LogP contribution >= 0.6 is 0 Å². The Morgan fingerprint density at radius 3 is 0.727 bits per heavy atom. The molecule has 0 aliphatic rings. The molecular weight excluding hydrogens is 1830 g/mol. The first-order valence-corrected chi connectivity index (χ1v) is 50.3. The van der Waals surface area contributed by atoms with Crippen molar-refractivity contribution in [1.82, 2.24) is 59.8 Å². The summed E-state index contributed by atoms with van der Waals surface area (Å²) in [6.45, 7) is 0. The van der Waals surface area contributed by atoms with E-state index in [1.165, 1.54) is 65.7 Å². The first-order chi connectivity index (χ1) is 74.3. The lowest BCUT2D eigenvalue weighted by Gasteiger charge is -2.14. The zero-order valence-electron chi connectivity index (χ0n) is 81.2. The van der Waals surface area contributed by atoms with Crippen molar-refractivity contribution in [2.75, 3.05) is 0 Å². The Morgan fingerprint density at radius 2 is 0.353 bits per heavy atom. The van der Waals surface area contributed by atoms with Gasteiger partial charge in [0.2, 0.25) is 0 Å². The Kier molecular flexibility index (Phi) is 23.8. The quantitative estimate of drug-likeness (QED) is 0.0668. The van der Waals surface area contributed by atoms with Crippen molar-refractivity contribution in [3.8, 4) is 181 Å². The molecule has 0 bridgehead atoms. The molecule has 6 aromatic heterocycles. The molecule has 0 N–H and O–H groups in total. The van der Waals surface area contributed by atoms with Crippen LogP contribution in [0.25, 0.3) is 278 Å². The summed E-state index contributed by atoms with van der Waals surface area (Å²) in [5.41, 5.74) is 26.5. The van der Waals surface area contributed by atoms with Crippen LogP contribution in [0.4, 0.5) is 0 Å². The predicted octanol–water partition coefficient (Wildman–Crippen LogP) is 34.9. The fraction of sp³-hybridized carbons (Fsp3) is 0. The van der Waals surface area contributed by atoms with E-state index in [0.717, 1.165) is 154 Å². The normalized spacial score (nSPS) is 11.3. The van der Waals surface area contributed by atoms with E-state index in [0.29, 0.717) is 58.1 Å². The number of para-hydroxylation sites is 2. The third kappa shape index (κ3) is 18.1. The second-order valence-electron chi connectivity index (χ2n) is 37.3. The zero-order valence-corrected chi connectivity index (χ0v) is 81.2. The molecule has 0 aliphatic carbocycles. The largest absolute Gasteiger partial charge is 0.247 e. The van der Waals surface area contributed by atoms with E-state index < -0.39 is 0 Å². The summed E-state index contributed by atoms with van der Waals surface area (Å²) in [6, 6.07) is 185. The van der Waals surface area contributed by atoms with E-state index in [4.69, 9.17) is 59.8 Å². The van der Waals surface area contributed by atoms with Gasteiger partial charge in [0.25, 0.3) is 0 Å². The minimum Gasteiger partial charge on any atom is -0.247 e. The highest BCUT2D eigenvalue weighted by atomic mass is 15.1. The Labute approximate surface area is 865 Å². The van der Waals surface area contributed by atoms with Crippen LogP contribution in [0.2, 0.25) is 0 Å². The molecule has 700 valence electrons. The van der Waals surface area contributed by atoms with Crippen molar-refractivity contribution < 1.29 is 0 Å². The van der Waals surface area contributed by atoms with Gasteiger partial charge in [0.05, 0.1) is 22.2 Å². The van der Waals surface area contributed by atoms with Crippen LogP contribution in [0.15, 0.2) is 534 Å². The zero-order chi connectivity index (χ0) is 99.6. The summed E-state index contributed by atoms with van der Waals surface area (Å²) in [5, 5.41) is 17.2. The van der Waals surface area contributed by atoms with Gasteiger partial charge in [-0.3, -0.25) is 0 Å². The molecule has 0 fully saturated rings. The molecule has 0 saturated carbocycles. The molecule has 0 saturated heterocycles. The summed E-state index contributed by atoms with van der Waals surface area (Å²) in [5.74, 6) is 5.36. The standard InChI is InChI=1S/C50H32N4.2C44H28N4/c1-3-11-33(12-4-1)35-19-25-38(26-20-35)48-52-49(39-27-21-36(22-28-39)34-13-5-2-6-14-34)54-50(53-48)40-29-23-37(24-30-40)47-45-32-42-16-8-7-15-41(42)31-44(45)43-17-9-10-18-46(43)51-47;1-3-11-29(12-4-1)31-19-23-34(24-20-31)42-46-43(35-25-21-32(22-26-35)30-13-5-2-6-14-30)48-44(47-42)41-40-36-16-8-7-15-33(36)27-28-38(40)37-17-9-10-18-39(37)45-41;1-3-9-29(10-4-1)31-15-19-35(20-16-31)42-46-43(36-21-17-32(18-22-36)30-11-5-2-6-12-30)48-44(47-42)40-28-25-34-24-26-38-37-14-8-7-13-33(37)23-27-39(38)41(34)45-40/h1-32H;2*1-28H. The van der Waals surface area contributed by atoms with E-state index in [2.05, 4.69) is 485 Å². The Bertz CT molecular complexity index is 9610. The van der Waals surface area contributed by atoms with Gasteiger partial charge in [-0.25, -0.2) is 59.8 Å². The second-order valence-corrected chi connectivity index (χ2v) is 37.3. The van der Waals surface area contributed by atoms with Gasteiger partial charge < -0.3 is 0 Å². The van der Waals surface area contributed by atoms with E-state index in [9.17, 15) is 0 Å². The lowest BCUT2D eigenvalue weighted by Crippen LogP contribution is -2.02. The third-order valence-electron chi connectivity index (χ3n) is 28.0. The molecule has 0 amide bonds. The summed E-state index contributed by atoms with van der Waals surface area (Å²) < 4.78 is 0. The van der Waals surface area contributed by atoms with Crippen LogP contribution in [-0.4, -0.2) is 59.8 Å². The van der Waals surface area contributed by atoms with E-state index in [1.807, 2.05) is 48.5 Å². The lowest BCUT2D eigenvalue weighted by atomic mass is 9.96. The van der Waals surface area contributed by atoms with Gasteiger partial charge in [-0.15, -0.1) is 0 Å². The number of aromatic nitrogens is 12. The summed E-state index contributed by atoms with van der Waals surface area (Å²) in [7, 11) is 0. The maximum Gasteiger partial charge on any atom is 0.183 e. The molecule has 0 radical (unpaired) electrons. The molecule has 22 aromatic carbocycles. The SMILES string of the molecule is c1ccc(-c2ccc(-c3nc(-c4ccc(-c5ccccc5)cc4)nc(-c4ccc(-c5nc6ccccc6c6cc7ccccc7cc56)cc4)n3)cc2)cc1.c1ccc(-c2ccc(-c3nc(-c4ccc(-c5ccccc5)cc4)nc(-c4ccc5ccc6c7ccccc7ccc6c5n4)n3)cc2)cc1.c1ccc(-c2ccc(-c3nc(-c4ccc(-c5ccccc5)cc4)nc(-c4nc5ccccc5c5ccc6ccccc6c45)n3)cc2)cc1. The molecule has 0 aliphatic heterocycles. The molecule has 0 unspecified atom stereocenters. The van der Waals surface area contributed by atoms with Crippen LogP contribution in [0.1, 0.15) is 0 Å². The molecule has 28 rings (SSSR count). The number of rotatable bonds is 16. The van der Waals surface area contributed by atoms with Gasteiger partial charge in [-0.05, 0) is 146 Å². The average Bonchev–Trinajstić information content (AvgIpc) is 0.740. The summed E-state index contributed by atoms with van der Waals surface area (Å²) in [4.78, 5) is 61.2. The van der Waals surface area contributed by atoms with Crippen molar-refractivity contribution in [2.45, 2.75) is 0 Å². The Balaban J connectivity index is 0.000000114. The van der Waals surface area contributed by atoms with Gasteiger partial charge in [0, 0.05) is 76.8 Å². The fourth-order valence-electron chi connectivity index (χ4n) is 20.2. The minimum absolute atomic E-state index is 0.536. The van der Waals surface area contributed by atoms with Crippen molar-refractivity contribution >= 4 is 97.3 Å². The van der Waals surface area contributed by atoms with E-state index >= 15 is 0 Å². The minimum atomic E-state index is 0.536. The number of hydrogen-bond donors (Lipinski definition) is 0. The van der Waals surface area contributed by atoms with Gasteiger partial charge in [0.15, 0.2) is 52.4 Å². The second kappa shape index (κ2) is 39.8. The molecule has 0 atom stereocenters. The van der Waals surface area contributed by atoms with Gasteiger partial charge in [-0.2, -0.15) is 0 Å². The molecule has 12 heteroatoms. The molecule has 6 heterocycles. The molecule has 12 nitrogen and oxygen atoms in total. The highest BCUT2D eigenvalue weighted by molar-refractivity contribution is 6.22. The van der Waals surface area contributed by atoms with Gasteiger partial charge >= 0.3 is 0 Å². The van der Waals surface area contributed by atoms with Crippen LogP contribution < -0.4 is 0 Å². The van der Waals surface area contributed by atoms with Crippen molar-refractivity contribution in [3.05, 3.63) is 534 Å². The van der Waals surface area contributed by atoms with Gasteiger partial charge in [-0.1, -0.05) is 504 Å². The first kappa shape index (κ1) is 89.7. The third-order valence-corrected chi connectivity index (χ3v) is 28.0. The fourth-order valence-corrected chi connectivity index (χ4v) is 20.2. The van der Waals surface area contributed by atoms with Crippen LogP contribution in [0.3, 0.4) is 0 Å². The van der Waals surface area contributed by atoms with Crippen LogP contribution in [0.5, 0.6) is 0 Å². The maximum absolute atomic E-state index is 5.25. The molecular formula is C138H88N12. The summed E-state index contributed by atoms with van der Waals surface area (Å²) >= 11 is 0. The molecule has 150 heavy (non-hydrogen) atoms.